The maximum Gasteiger partial charge on any atom is 0.267 e. The summed E-state index contributed by atoms with van der Waals surface area (Å²) in [5.74, 6) is 0.984. The molecule has 8 heteroatoms. The van der Waals surface area contributed by atoms with Gasteiger partial charge in [-0.15, -0.1) is 11.3 Å². The van der Waals surface area contributed by atoms with Gasteiger partial charge in [-0.3, -0.25) is 14.2 Å². The number of thioether (sulfide) groups is 1. The summed E-state index contributed by atoms with van der Waals surface area (Å²) in [5.41, 5.74) is 1.87. The molecule has 1 fully saturated rings. The quantitative estimate of drug-likeness (QED) is 0.400. The summed E-state index contributed by atoms with van der Waals surface area (Å²) in [4.78, 5) is 33.4. The van der Waals surface area contributed by atoms with E-state index in [1.807, 2.05) is 24.3 Å². The Kier molecular flexibility index (Phi) is 6.74. The number of thiophene rings is 1. The molecule has 6 nitrogen and oxygen atoms in total. The first-order valence-corrected chi connectivity index (χ1v) is 13.6. The van der Waals surface area contributed by atoms with Crippen LogP contribution in [0.1, 0.15) is 55.4 Å². The Morgan fingerprint density at radius 1 is 1.15 bits per heavy atom. The zero-order valence-electron chi connectivity index (χ0n) is 18.9. The summed E-state index contributed by atoms with van der Waals surface area (Å²) in [6, 6.07) is 7.71. The van der Waals surface area contributed by atoms with E-state index in [2.05, 4.69) is 5.32 Å². The fourth-order valence-corrected chi connectivity index (χ4v) is 7.01. The third kappa shape index (κ3) is 4.68. The van der Waals surface area contributed by atoms with E-state index < -0.39 is 0 Å². The van der Waals surface area contributed by atoms with Crippen LogP contribution in [0.5, 0.6) is 5.75 Å². The topological polar surface area (TPSA) is 73.2 Å². The highest BCUT2D eigenvalue weighted by atomic mass is 32.2. The maximum absolute atomic E-state index is 13.8. The lowest BCUT2D eigenvalue weighted by atomic mass is 9.95. The maximum atomic E-state index is 13.8. The predicted octanol–water partition coefficient (Wildman–Crippen LogP) is 4.88. The first-order chi connectivity index (χ1) is 16.1. The number of methoxy groups -OCH3 is 1. The number of nitrogens with one attached hydrogen (secondary N) is 1. The van der Waals surface area contributed by atoms with Crippen LogP contribution in [0.15, 0.2) is 34.2 Å². The molecule has 1 saturated carbocycles. The van der Waals surface area contributed by atoms with Gasteiger partial charge in [-0.25, -0.2) is 4.98 Å². The first-order valence-electron chi connectivity index (χ1n) is 11.8. The largest absolute Gasteiger partial charge is 0.497 e. The molecule has 1 amide bonds. The van der Waals surface area contributed by atoms with Crippen LogP contribution >= 0.6 is 23.1 Å². The second-order valence-corrected chi connectivity index (χ2v) is 10.8. The minimum absolute atomic E-state index is 0.00741. The van der Waals surface area contributed by atoms with Gasteiger partial charge in [-0.05, 0) is 68.4 Å². The number of ether oxygens (including phenoxy) is 1. The van der Waals surface area contributed by atoms with Crippen molar-refractivity contribution < 1.29 is 9.53 Å². The number of nitrogens with zero attached hydrogens (tertiary/aromatic N) is 2. The lowest BCUT2D eigenvalue weighted by Gasteiger charge is -2.22. The number of amides is 1. The molecule has 0 bridgehead atoms. The standard InChI is InChI=1S/C25H29N3O3S2/c1-31-18-13-11-17(12-14-18)28-24(30)22-19-9-5-6-10-20(19)33-23(22)27-25(28)32-15-21(29)26-16-7-3-2-4-8-16/h11-14,16H,2-10,15H2,1H3,(H,26,29). The molecule has 2 aliphatic carbocycles. The van der Waals surface area contributed by atoms with Crippen LogP contribution < -0.4 is 15.6 Å². The van der Waals surface area contributed by atoms with Crippen molar-refractivity contribution in [3.63, 3.8) is 0 Å². The van der Waals surface area contributed by atoms with Crippen molar-refractivity contribution in [2.45, 2.75) is 69.0 Å². The van der Waals surface area contributed by atoms with Crippen molar-refractivity contribution in [1.82, 2.24) is 14.9 Å². The number of hydrogen-bond acceptors (Lipinski definition) is 6. The molecule has 33 heavy (non-hydrogen) atoms. The van der Waals surface area contributed by atoms with Crippen molar-refractivity contribution in [2.75, 3.05) is 12.9 Å². The molecule has 1 N–H and O–H groups in total. The van der Waals surface area contributed by atoms with Crippen LogP contribution in [0, 0.1) is 0 Å². The average Bonchev–Trinajstić information content (AvgIpc) is 3.22. The summed E-state index contributed by atoms with van der Waals surface area (Å²) in [6.07, 6.45) is 9.94. The number of carbonyl (C=O) groups excluding carboxylic acids is 1. The molecule has 2 aliphatic rings. The molecule has 174 valence electrons. The smallest absolute Gasteiger partial charge is 0.267 e. The number of fused-ring (bicyclic) bond motifs is 3. The van der Waals surface area contributed by atoms with Crippen molar-refractivity contribution in [3.8, 4) is 11.4 Å². The summed E-state index contributed by atoms with van der Waals surface area (Å²) in [6.45, 7) is 0. The van der Waals surface area contributed by atoms with Gasteiger partial charge >= 0.3 is 0 Å². The Morgan fingerprint density at radius 2 is 1.91 bits per heavy atom. The normalized spacial score (nSPS) is 16.5. The van der Waals surface area contributed by atoms with E-state index in [9.17, 15) is 9.59 Å². The summed E-state index contributed by atoms with van der Waals surface area (Å²) < 4.78 is 6.96. The fourth-order valence-electron chi connectivity index (χ4n) is 4.89. The number of aryl methyl sites for hydroxylation is 2. The molecule has 0 radical (unpaired) electrons. The molecule has 3 aromatic rings. The van der Waals surface area contributed by atoms with E-state index >= 15 is 0 Å². The van der Waals surface area contributed by atoms with Crippen molar-refractivity contribution in [2.24, 2.45) is 0 Å². The Morgan fingerprint density at radius 3 is 2.67 bits per heavy atom. The van der Waals surface area contributed by atoms with Gasteiger partial charge in [0.25, 0.3) is 5.56 Å². The zero-order chi connectivity index (χ0) is 22.8. The number of hydrogen-bond donors (Lipinski definition) is 1. The second kappa shape index (κ2) is 9.89. The molecule has 5 rings (SSSR count). The number of aromatic nitrogens is 2. The molecular weight excluding hydrogens is 454 g/mol. The van der Waals surface area contributed by atoms with Gasteiger partial charge in [0.1, 0.15) is 10.6 Å². The molecule has 0 saturated heterocycles. The van der Waals surface area contributed by atoms with E-state index in [1.54, 1.807) is 23.0 Å². The van der Waals surface area contributed by atoms with Crippen molar-refractivity contribution >= 4 is 39.2 Å². The summed E-state index contributed by atoms with van der Waals surface area (Å²) in [7, 11) is 1.62. The summed E-state index contributed by atoms with van der Waals surface area (Å²) in [5, 5.41) is 4.48. The lowest BCUT2D eigenvalue weighted by molar-refractivity contribution is -0.119. The van der Waals surface area contributed by atoms with Gasteiger partial charge in [0.2, 0.25) is 5.91 Å². The Labute approximate surface area is 201 Å². The monoisotopic (exact) mass is 483 g/mol. The number of rotatable bonds is 6. The second-order valence-electron chi connectivity index (χ2n) is 8.82. The van der Waals surface area contributed by atoms with Gasteiger partial charge in [0, 0.05) is 10.9 Å². The molecule has 0 atom stereocenters. The number of benzene rings is 1. The highest BCUT2D eigenvalue weighted by molar-refractivity contribution is 7.99. The molecule has 0 aliphatic heterocycles. The van der Waals surface area contributed by atoms with Crippen LogP contribution in [0.2, 0.25) is 0 Å². The van der Waals surface area contributed by atoms with Crippen LogP contribution in [-0.4, -0.2) is 34.4 Å². The highest BCUT2D eigenvalue weighted by Crippen LogP contribution is 2.35. The van der Waals surface area contributed by atoms with Crippen LogP contribution in [0.3, 0.4) is 0 Å². The van der Waals surface area contributed by atoms with Gasteiger partial charge in [-0.2, -0.15) is 0 Å². The van der Waals surface area contributed by atoms with E-state index in [-0.39, 0.29) is 23.3 Å². The molecule has 1 aromatic carbocycles. The molecule has 2 heterocycles. The summed E-state index contributed by atoms with van der Waals surface area (Å²) >= 11 is 2.98. The van der Waals surface area contributed by atoms with Gasteiger partial charge in [-0.1, -0.05) is 31.0 Å². The third-order valence-electron chi connectivity index (χ3n) is 6.59. The molecule has 2 aromatic heterocycles. The fraction of sp³-hybridized carbons (Fsp3) is 0.480. The van der Waals surface area contributed by atoms with Gasteiger partial charge < -0.3 is 10.1 Å². The molecule has 0 unspecified atom stereocenters. The average molecular weight is 484 g/mol. The van der Waals surface area contributed by atoms with Crippen LogP contribution in [0.25, 0.3) is 15.9 Å². The Bertz CT molecular complexity index is 1210. The SMILES string of the molecule is COc1ccc(-n2c(SCC(=O)NC3CCCCC3)nc3sc4c(c3c2=O)CCCC4)cc1. The third-order valence-corrected chi connectivity index (χ3v) is 8.72. The van der Waals surface area contributed by atoms with E-state index in [1.165, 1.54) is 41.5 Å². The predicted molar refractivity (Wildman–Crippen MR) is 134 cm³/mol. The zero-order valence-corrected chi connectivity index (χ0v) is 20.5. The van der Waals surface area contributed by atoms with Crippen LogP contribution in [0.4, 0.5) is 0 Å². The van der Waals surface area contributed by atoms with Crippen molar-refractivity contribution in [3.05, 3.63) is 45.1 Å². The molecule has 0 spiro atoms. The van der Waals surface area contributed by atoms with Crippen molar-refractivity contribution in [1.29, 1.82) is 0 Å². The number of carbonyl (C=O) groups is 1. The van der Waals surface area contributed by atoms with E-state index in [0.717, 1.165) is 60.2 Å². The minimum atomic E-state index is -0.0419. The Hall–Kier alpha value is -2.32. The minimum Gasteiger partial charge on any atom is -0.497 e. The first kappa shape index (κ1) is 22.5. The Balaban J connectivity index is 1.50. The van der Waals surface area contributed by atoms with Gasteiger partial charge in [0.15, 0.2) is 5.16 Å². The van der Waals surface area contributed by atoms with Gasteiger partial charge in [0.05, 0.1) is 23.9 Å². The van der Waals surface area contributed by atoms with E-state index in [0.29, 0.717) is 5.16 Å². The lowest BCUT2D eigenvalue weighted by Crippen LogP contribution is -2.37. The molecular formula is C25H29N3O3S2. The van der Waals surface area contributed by atoms with Crippen LogP contribution in [-0.2, 0) is 17.6 Å². The highest BCUT2D eigenvalue weighted by Gasteiger charge is 2.24. The van der Waals surface area contributed by atoms with E-state index in [4.69, 9.17) is 9.72 Å².